The number of rotatable bonds is 4. The molecule has 2 aromatic heterocycles. The lowest BCUT2D eigenvalue weighted by atomic mass is 10.2. The normalized spacial score (nSPS) is 11.1. The maximum Gasteiger partial charge on any atom is 0.319 e. The number of H-pyrrole nitrogens is 1. The third-order valence-electron chi connectivity index (χ3n) is 3.98. The Morgan fingerprint density at radius 3 is 2.78 bits per heavy atom. The number of carbonyl (C=O) groups is 1. The largest absolute Gasteiger partial charge is 0.351 e. The van der Waals surface area contributed by atoms with Gasteiger partial charge in [-0.2, -0.15) is 4.98 Å². The Morgan fingerprint density at radius 2 is 1.96 bits per heavy atom. The second-order valence-electron chi connectivity index (χ2n) is 6.53. The van der Waals surface area contributed by atoms with E-state index >= 15 is 0 Å². The second kappa shape index (κ2) is 6.95. The molecule has 0 saturated heterocycles. The van der Waals surface area contributed by atoms with Gasteiger partial charge in [0.15, 0.2) is 0 Å². The third kappa shape index (κ3) is 3.67. The molecule has 4 rings (SSSR count). The number of nitrogens with one attached hydrogen (secondary N) is 3. The molecular formula is C20H19N5O2. The molecule has 0 radical (unpaired) electrons. The lowest BCUT2D eigenvalue weighted by molar-refractivity contribution is 0.250. The van der Waals surface area contributed by atoms with Crippen LogP contribution >= 0.6 is 0 Å². The van der Waals surface area contributed by atoms with Crippen molar-refractivity contribution in [3.8, 4) is 23.0 Å². The molecule has 0 aliphatic heterocycles. The fourth-order valence-corrected chi connectivity index (χ4v) is 2.80. The fourth-order valence-electron chi connectivity index (χ4n) is 2.80. The first-order chi connectivity index (χ1) is 13.1. The number of hydrogen-bond donors (Lipinski definition) is 3. The summed E-state index contributed by atoms with van der Waals surface area (Å²) in [6, 6.07) is 17.0. The molecule has 0 aliphatic carbocycles. The smallest absolute Gasteiger partial charge is 0.319 e. The van der Waals surface area contributed by atoms with Crippen molar-refractivity contribution in [3.63, 3.8) is 0 Å². The minimum Gasteiger partial charge on any atom is -0.351 e. The van der Waals surface area contributed by atoms with Crippen molar-refractivity contribution >= 4 is 22.6 Å². The van der Waals surface area contributed by atoms with Gasteiger partial charge in [0.25, 0.3) is 5.89 Å². The van der Waals surface area contributed by atoms with Crippen LogP contribution in [0.1, 0.15) is 13.8 Å². The highest BCUT2D eigenvalue weighted by atomic mass is 16.5. The molecule has 27 heavy (non-hydrogen) atoms. The number of para-hydroxylation sites is 1. The predicted molar refractivity (Wildman–Crippen MR) is 104 cm³/mol. The highest BCUT2D eigenvalue weighted by Gasteiger charge is 2.13. The summed E-state index contributed by atoms with van der Waals surface area (Å²) in [5, 5.41) is 10.7. The molecule has 0 spiro atoms. The van der Waals surface area contributed by atoms with E-state index in [0.29, 0.717) is 17.4 Å². The van der Waals surface area contributed by atoms with Crippen LogP contribution in [0.15, 0.2) is 59.1 Å². The molecule has 7 heteroatoms. The van der Waals surface area contributed by atoms with Crippen molar-refractivity contribution in [1.82, 2.24) is 20.4 Å². The number of fused-ring (bicyclic) bond motifs is 1. The topological polar surface area (TPSA) is 95.8 Å². The van der Waals surface area contributed by atoms with Gasteiger partial charge in [-0.3, -0.25) is 0 Å². The van der Waals surface area contributed by atoms with Gasteiger partial charge >= 0.3 is 6.03 Å². The summed E-state index contributed by atoms with van der Waals surface area (Å²) in [4.78, 5) is 19.6. The average molecular weight is 361 g/mol. The van der Waals surface area contributed by atoms with Crippen molar-refractivity contribution in [2.24, 2.45) is 0 Å². The zero-order valence-corrected chi connectivity index (χ0v) is 15.0. The molecule has 0 aliphatic rings. The number of benzene rings is 2. The Labute approximate surface area is 155 Å². The molecule has 0 bridgehead atoms. The molecule has 0 atom stereocenters. The Bertz CT molecular complexity index is 1060. The Morgan fingerprint density at radius 1 is 1.11 bits per heavy atom. The minimum absolute atomic E-state index is 0.0595. The number of hydrogen-bond acceptors (Lipinski definition) is 4. The lowest BCUT2D eigenvalue weighted by Gasteiger charge is -2.10. The van der Waals surface area contributed by atoms with Crippen LogP contribution in [0.3, 0.4) is 0 Å². The zero-order chi connectivity index (χ0) is 18.8. The molecule has 4 aromatic rings. The molecule has 2 amide bonds. The summed E-state index contributed by atoms with van der Waals surface area (Å²) >= 11 is 0. The van der Waals surface area contributed by atoms with E-state index in [1.807, 2.05) is 62.4 Å². The van der Waals surface area contributed by atoms with Crippen LogP contribution in [0, 0.1) is 0 Å². The highest BCUT2D eigenvalue weighted by molar-refractivity contribution is 5.90. The van der Waals surface area contributed by atoms with Gasteiger partial charge in [0, 0.05) is 28.2 Å². The summed E-state index contributed by atoms with van der Waals surface area (Å²) < 4.78 is 5.42. The van der Waals surface area contributed by atoms with Crippen LogP contribution in [0.25, 0.3) is 33.9 Å². The molecule has 2 aromatic carbocycles. The Balaban J connectivity index is 1.58. The van der Waals surface area contributed by atoms with E-state index in [-0.39, 0.29) is 12.1 Å². The molecule has 0 fully saturated rings. The molecule has 0 saturated carbocycles. The van der Waals surface area contributed by atoms with Gasteiger partial charge in [0.1, 0.15) is 5.69 Å². The van der Waals surface area contributed by atoms with E-state index in [4.69, 9.17) is 4.52 Å². The third-order valence-corrected chi connectivity index (χ3v) is 3.98. The zero-order valence-electron chi connectivity index (χ0n) is 15.0. The molecular weight excluding hydrogens is 342 g/mol. The van der Waals surface area contributed by atoms with E-state index in [1.54, 1.807) is 6.07 Å². The van der Waals surface area contributed by atoms with Crippen LogP contribution in [0.2, 0.25) is 0 Å². The summed E-state index contributed by atoms with van der Waals surface area (Å²) in [5.74, 6) is 0.869. The molecule has 0 unspecified atom stereocenters. The number of anilines is 1. The minimum atomic E-state index is -0.256. The van der Waals surface area contributed by atoms with Crippen molar-refractivity contribution < 1.29 is 9.32 Å². The SMILES string of the molecule is CC(C)NC(=O)Nc1cccc(-c2noc(-c3cc4ccccc4[nH]3)n2)c1. The number of urea groups is 1. The summed E-state index contributed by atoms with van der Waals surface area (Å²) in [6.45, 7) is 3.81. The molecule has 136 valence electrons. The lowest BCUT2D eigenvalue weighted by Crippen LogP contribution is -2.34. The molecule has 2 heterocycles. The van der Waals surface area contributed by atoms with Crippen LogP contribution in [-0.2, 0) is 0 Å². The monoisotopic (exact) mass is 361 g/mol. The van der Waals surface area contributed by atoms with Crippen LogP contribution < -0.4 is 10.6 Å². The number of nitrogens with zero attached hydrogens (tertiary/aromatic N) is 2. The van der Waals surface area contributed by atoms with Crippen molar-refractivity contribution in [2.75, 3.05) is 5.32 Å². The quantitative estimate of drug-likeness (QED) is 0.501. The fraction of sp³-hybridized carbons (Fsp3) is 0.150. The van der Waals surface area contributed by atoms with Crippen molar-refractivity contribution in [2.45, 2.75) is 19.9 Å². The second-order valence-corrected chi connectivity index (χ2v) is 6.53. The number of amides is 2. The Kier molecular flexibility index (Phi) is 4.33. The summed E-state index contributed by atoms with van der Waals surface area (Å²) in [6.07, 6.45) is 0. The number of carbonyl (C=O) groups excluding carboxylic acids is 1. The standard InChI is InChI=1S/C20H19N5O2/c1-12(2)21-20(26)22-15-8-5-7-14(10-15)18-24-19(27-25-18)17-11-13-6-3-4-9-16(13)23-17/h3-12,23H,1-2H3,(H2,21,22,26). The van der Waals surface area contributed by atoms with E-state index in [0.717, 1.165) is 22.2 Å². The average Bonchev–Trinajstić information content (AvgIpc) is 3.28. The highest BCUT2D eigenvalue weighted by Crippen LogP contribution is 2.26. The maximum absolute atomic E-state index is 11.9. The van der Waals surface area contributed by atoms with E-state index < -0.39 is 0 Å². The van der Waals surface area contributed by atoms with E-state index in [2.05, 4.69) is 25.8 Å². The van der Waals surface area contributed by atoms with E-state index in [1.165, 1.54) is 0 Å². The predicted octanol–water partition coefficient (Wildman–Crippen LogP) is 4.41. The molecule has 3 N–H and O–H groups in total. The van der Waals surface area contributed by atoms with Gasteiger partial charge in [-0.1, -0.05) is 35.5 Å². The van der Waals surface area contributed by atoms with Gasteiger partial charge in [0.05, 0.1) is 0 Å². The maximum atomic E-state index is 11.9. The van der Waals surface area contributed by atoms with Crippen LogP contribution in [0.5, 0.6) is 0 Å². The van der Waals surface area contributed by atoms with Gasteiger partial charge < -0.3 is 20.1 Å². The first-order valence-corrected chi connectivity index (χ1v) is 8.68. The van der Waals surface area contributed by atoms with Crippen molar-refractivity contribution in [3.05, 3.63) is 54.6 Å². The summed E-state index contributed by atoms with van der Waals surface area (Å²) in [5.41, 5.74) is 3.18. The van der Waals surface area contributed by atoms with Crippen molar-refractivity contribution in [1.29, 1.82) is 0 Å². The summed E-state index contributed by atoms with van der Waals surface area (Å²) in [7, 11) is 0. The Hall–Kier alpha value is -3.61. The number of aromatic nitrogens is 3. The van der Waals surface area contributed by atoms with Gasteiger partial charge in [0.2, 0.25) is 5.82 Å². The van der Waals surface area contributed by atoms with Gasteiger partial charge in [-0.25, -0.2) is 4.79 Å². The van der Waals surface area contributed by atoms with E-state index in [9.17, 15) is 4.79 Å². The first-order valence-electron chi connectivity index (χ1n) is 8.68. The number of aromatic amines is 1. The molecule has 7 nitrogen and oxygen atoms in total. The van der Waals surface area contributed by atoms with Crippen LogP contribution in [-0.4, -0.2) is 27.2 Å². The van der Waals surface area contributed by atoms with Crippen LogP contribution in [0.4, 0.5) is 10.5 Å². The van der Waals surface area contributed by atoms with Gasteiger partial charge in [-0.15, -0.1) is 0 Å². The first kappa shape index (κ1) is 16.8. The van der Waals surface area contributed by atoms with Gasteiger partial charge in [-0.05, 0) is 38.1 Å².